The van der Waals surface area contributed by atoms with E-state index in [-0.39, 0.29) is 17.0 Å². The summed E-state index contributed by atoms with van der Waals surface area (Å²) in [5, 5.41) is 0. The Kier molecular flexibility index (Phi) is 25.9. The van der Waals surface area contributed by atoms with Crippen LogP contribution in [0.1, 0.15) is 143 Å². The molecule has 2 heteroatoms. The lowest BCUT2D eigenvalue weighted by Crippen LogP contribution is -2.29. The molecule has 0 aliphatic rings. The summed E-state index contributed by atoms with van der Waals surface area (Å²) >= 11 is 0. The first-order valence-electron chi connectivity index (χ1n) is 12.0. The molecule has 2 N–H and O–H groups in total. The first-order valence-corrected chi connectivity index (χ1v) is 12.0. The summed E-state index contributed by atoms with van der Waals surface area (Å²) in [6.07, 6.45) is 26.7. The van der Waals surface area contributed by atoms with E-state index in [1.165, 1.54) is 116 Å². The molecule has 1 unspecified atom stereocenters. The molecule has 26 heavy (non-hydrogen) atoms. The maximum absolute atomic E-state index is 6.41. The van der Waals surface area contributed by atoms with Gasteiger partial charge < -0.3 is 5.73 Å². The fourth-order valence-electron chi connectivity index (χ4n) is 3.99. The van der Waals surface area contributed by atoms with Crippen molar-refractivity contribution in [1.29, 1.82) is 0 Å². The second-order valence-electron chi connectivity index (χ2n) is 8.36. The van der Waals surface area contributed by atoms with Crippen LogP contribution in [0.2, 0.25) is 0 Å². The molecule has 0 amide bonds. The molecule has 0 spiro atoms. The smallest absolute Gasteiger partial charge is 0.00645 e. The van der Waals surface area contributed by atoms with Crippen LogP contribution in [-0.2, 0) is 0 Å². The van der Waals surface area contributed by atoms with Gasteiger partial charge in [-0.05, 0) is 25.2 Å². The quantitative estimate of drug-likeness (QED) is 0.190. The van der Waals surface area contributed by atoms with Crippen molar-refractivity contribution in [2.24, 2.45) is 11.7 Å². The lowest BCUT2D eigenvalue weighted by atomic mass is 9.87. The highest BCUT2D eigenvalue weighted by atomic mass is 79.9. The maximum Gasteiger partial charge on any atom is 0.00645 e. The van der Waals surface area contributed by atoms with Gasteiger partial charge in [0.25, 0.3) is 0 Å². The lowest BCUT2D eigenvalue weighted by molar-refractivity contribution is 0.334. The number of halogens is 1. The van der Waals surface area contributed by atoms with Crippen molar-refractivity contribution >= 4 is 17.0 Å². The minimum absolute atomic E-state index is 0. The van der Waals surface area contributed by atoms with E-state index in [1.807, 2.05) is 0 Å². The Balaban J connectivity index is 0. The molecule has 0 bridgehead atoms. The van der Waals surface area contributed by atoms with Crippen LogP contribution in [0.5, 0.6) is 0 Å². The summed E-state index contributed by atoms with van der Waals surface area (Å²) in [6.45, 7) is 6.85. The van der Waals surface area contributed by atoms with E-state index in [4.69, 9.17) is 5.73 Å². The molecule has 1 atom stereocenters. The molecule has 1 nitrogen and oxygen atoms in total. The molecule has 0 rings (SSSR count). The van der Waals surface area contributed by atoms with Crippen molar-refractivity contribution in [2.75, 3.05) is 0 Å². The topological polar surface area (TPSA) is 26.0 Å². The van der Waals surface area contributed by atoms with Crippen LogP contribution in [0.15, 0.2) is 0 Å². The Morgan fingerprint density at radius 2 is 0.808 bits per heavy atom. The largest absolute Gasteiger partial charge is 0.327 e. The van der Waals surface area contributed by atoms with Crippen molar-refractivity contribution in [1.82, 2.24) is 0 Å². The minimum atomic E-state index is 0. The SMILES string of the molecule is Br.CCCCCCCCCCC(CCCCCCCCCC)C(N)CC. The summed E-state index contributed by atoms with van der Waals surface area (Å²) in [7, 11) is 0. The van der Waals surface area contributed by atoms with Crippen LogP contribution < -0.4 is 5.73 Å². The van der Waals surface area contributed by atoms with Gasteiger partial charge in [0.1, 0.15) is 0 Å². The second kappa shape index (κ2) is 23.5. The molecule has 0 aliphatic carbocycles. The van der Waals surface area contributed by atoms with Gasteiger partial charge in [0.05, 0.1) is 0 Å². The minimum Gasteiger partial charge on any atom is -0.327 e. The van der Waals surface area contributed by atoms with Crippen LogP contribution in [0, 0.1) is 5.92 Å². The highest BCUT2D eigenvalue weighted by molar-refractivity contribution is 8.93. The van der Waals surface area contributed by atoms with Crippen LogP contribution >= 0.6 is 17.0 Å². The summed E-state index contributed by atoms with van der Waals surface area (Å²) in [5.74, 6) is 0.783. The van der Waals surface area contributed by atoms with Crippen LogP contribution in [0.25, 0.3) is 0 Å². The number of hydrogen-bond donors (Lipinski definition) is 1. The van der Waals surface area contributed by atoms with Gasteiger partial charge in [0, 0.05) is 6.04 Å². The third-order valence-electron chi connectivity index (χ3n) is 5.93. The van der Waals surface area contributed by atoms with Gasteiger partial charge in [-0.25, -0.2) is 0 Å². The van der Waals surface area contributed by atoms with Crippen LogP contribution in [-0.4, -0.2) is 6.04 Å². The van der Waals surface area contributed by atoms with E-state index in [9.17, 15) is 0 Å². The molecule has 0 aromatic carbocycles. The number of rotatable bonds is 20. The maximum atomic E-state index is 6.41. The Bertz CT molecular complexity index is 224. The fraction of sp³-hybridized carbons (Fsp3) is 1.00. The van der Waals surface area contributed by atoms with Crippen LogP contribution in [0.4, 0.5) is 0 Å². The Labute approximate surface area is 177 Å². The van der Waals surface area contributed by atoms with Gasteiger partial charge in [-0.15, -0.1) is 17.0 Å². The fourth-order valence-corrected chi connectivity index (χ4v) is 3.99. The first-order chi connectivity index (χ1) is 12.3. The standard InChI is InChI=1S/C24H51N.BrH/c1-4-7-9-11-13-15-17-19-21-23(24(25)6-3)22-20-18-16-14-12-10-8-5-2;/h23-24H,4-22,25H2,1-3H3;1H. The molecular formula is C24H52BrN. The van der Waals surface area contributed by atoms with Gasteiger partial charge in [0.15, 0.2) is 0 Å². The monoisotopic (exact) mass is 433 g/mol. The molecule has 0 aromatic rings. The Morgan fingerprint density at radius 1 is 0.500 bits per heavy atom. The molecule has 0 saturated heterocycles. The van der Waals surface area contributed by atoms with E-state index in [2.05, 4.69) is 20.8 Å². The molecule has 0 radical (unpaired) electrons. The zero-order chi connectivity index (χ0) is 18.6. The average molecular weight is 435 g/mol. The molecule has 0 heterocycles. The zero-order valence-corrected chi connectivity index (χ0v) is 20.3. The van der Waals surface area contributed by atoms with E-state index in [0.717, 1.165) is 12.3 Å². The van der Waals surface area contributed by atoms with E-state index in [0.29, 0.717) is 6.04 Å². The van der Waals surface area contributed by atoms with Gasteiger partial charge >= 0.3 is 0 Å². The number of nitrogens with two attached hydrogens (primary N) is 1. The predicted molar refractivity (Wildman–Crippen MR) is 127 cm³/mol. The van der Waals surface area contributed by atoms with Crippen molar-refractivity contribution < 1.29 is 0 Å². The van der Waals surface area contributed by atoms with Gasteiger partial charge in [-0.2, -0.15) is 0 Å². The molecule has 0 aliphatic heterocycles. The zero-order valence-electron chi connectivity index (χ0n) is 18.6. The molecule has 0 fully saturated rings. The Morgan fingerprint density at radius 3 is 1.12 bits per heavy atom. The Hall–Kier alpha value is 0.440. The van der Waals surface area contributed by atoms with Gasteiger partial charge in [0.2, 0.25) is 0 Å². The van der Waals surface area contributed by atoms with E-state index >= 15 is 0 Å². The van der Waals surface area contributed by atoms with Crippen molar-refractivity contribution in [3.63, 3.8) is 0 Å². The van der Waals surface area contributed by atoms with E-state index in [1.54, 1.807) is 0 Å². The molecule has 0 aromatic heterocycles. The highest BCUT2D eigenvalue weighted by Crippen LogP contribution is 2.23. The highest BCUT2D eigenvalue weighted by Gasteiger charge is 2.15. The van der Waals surface area contributed by atoms with Crippen molar-refractivity contribution in [2.45, 2.75) is 149 Å². The number of hydrogen-bond acceptors (Lipinski definition) is 1. The molecular weight excluding hydrogens is 382 g/mol. The van der Waals surface area contributed by atoms with E-state index < -0.39 is 0 Å². The second-order valence-corrected chi connectivity index (χ2v) is 8.36. The molecule has 160 valence electrons. The summed E-state index contributed by atoms with van der Waals surface area (Å²) < 4.78 is 0. The van der Waals surface area contributed by atoms with Crippen molar-refractivity contribution in [3.8, 4) is 0 Å². The normalized spacial score (nSPS) is 12.3. The first kappa shape index (κ1) is 28.6. The third-order valence-corrected chi connectivity index (χ3v) is 5.93. The van der Waals surface area contributed by atoms with Gasteiger partial charge in [-0.3, -0.25) is 0 Å². The number of unbranched alkanes of at least 4 members (excludes halogenated alkanes) is 14. The van der Waals surface area contributed by atoms with Crippen molar-refractivity contribution in [3.05, 3.63) is 0 Å². The average Bonchev–Trinajstić information content (AvgIpc) is 2.63. The summed E-state index contributed by atoms with van der Waals surface area (Å²) in [5.41, 5.74) is 6.41. The summed E-state index contributed by atoms with van der Waals surface area (Å²) in [6, 6.07) is 0.439. The predicted octanol–water partition coefficient (Wildman–Crippen LogP) is 8.98. The van der Waals surface area contributed by atoms with Gasteiger partial charge in [-0.1, -0.05) is 124 Å². The third kappa shape index (κ3) is 19.2. The summed E-state index contributed by atoms with van der Waals surface area (Å²) in [4.78, 5) is 0. The molecule has 0 saturated carbocycles. The van der Waals surface area contributed by atoms with Crippen LogP contribution in [0.3, 0.4) is 0 Å². The lowest BCUT2D eigenvalue weighted by Gasteiger charge is -2.23.